The highest BCUT2D eigenvalue weighted by Gasteiger charge is 2.70. The lowest BCUT2D eigenvalue weighted by atomic mass is 10.2. The maximum absolute atomic E-state index is 13.1. The minimum absolute atomic E-state index is 0.161. The second kappa shape index (κ2) is 6.62. The lowest BCUT2D eigenvalue weighted by Gasteiger charge is -2.15. The molecule has 6 nitrogen and oxygen atoms in total. The van der Waals surface area contributed by atoms with Gasteiger partial charge in [0.2, 0.25) is 10.0 Å². The first kappa shape index (κ1) is 22.0. The minimum Gasteiger partial charge on any atom is -0.358 e. The van der Waals surface area contributed by atoms with Gasteiger partial charge in [0.25, 0.3) is 0 Å². The number of hydrogen-bond donors (Lipinski definition) is 1. The lowest BCUT2D eigenvalue weighted by Crippen LogP contribution is -2.35. The number of rotatable bonds is 5. The highest BCUT2D eigenvalue weighted by molar-refractivity contribution is 7.89. The van der Waals surface area contributed by atoms with Crippen LogP contribution in [0, 0.1) is 0 Å². The van der Waals surface area contributed by atoms with Crippen molar-refractivity contribution >= 4 is 15.7 Å². The van der Waals surface area contributed by atoms with Crippen molar-refractivity contribution in [3.05, 3.63) is 47.8 Å². The van der Waals surface area contributed by atoms with Crippen molar-refractivity contribution in [1.29, 1.82) is 0 Å². The largest absolute Gasteiger partial charge is 0.416 e. The Labute approximate surface area is 173 Å². The van der Waals surface area contributed by atoms with Crippen molar-refractivity contribution in [1.82, 2.24) is 8.87 Å². The van der Waals surface area contributed by atoms with E-state index in [-0.39, 0.29) is 10.6 Å². The van der Waals surface area contributed by atoms with Crippen LogP contribution in [0.2, 0.25) is 0 Å². The summed E-state index contributed by atoms with van der Waals surface area (Å²) in [5.74, 6) is 0. The van der Waals surface area contributed by atoms with E-state index < -0.39 is 52.4 Å². The normalized spacial score (nSPS) is 28.5. The molecule has 2 aliphatic heterocycles. The van der Waals surface area contributed by atoms with Gasteiger partial charge >= 0.3 is 12.4 Å². The van der Waals surface area contributed by atoms with Crippen LogP contribution in [0.4, 0.5) is 32.0 Å². The first-order valence-corrected chi connectivity index (χ1v) is 10.4. The molecule has 1 N–H and O–H groups in total. The number of alkyl halides is 6. The Morgan fingerprint density at radius 1 is 1.16 bits per heavy atom. The predicted octanol–water partition coefficient (Wildman–Crippen LogP) is 3.88. The smallest absolute Gasteiger partial charge is 0.358 e. The number of epoxide rings is 1. The Kier molecular flexibility index (Phi) is 4.69. The fourth-order valence-electron chi connectivity index (χ4n) is 3.32. The number of ether oxygens (including phenoxy) is 1. The van der Waals surface area contributed by atoms with Gasteiger partial charge in [-0.3, -0.25) is 0 Å². The van der Waals surface area contributed by atoms with Crippen molar-refractivity contribution in [2.24, 2.45) is 7.05 Å². The molecule has 0 saturated carbocycles. The maximum Gasteiger partial charge on any atom is 0.416 e. The molecule has 0 aliphatic carbocycles. The van der Waals surface area contributed by atoms with Gasteiger partial charge in [0, 0.05) is 25.5 Å². The standard InChI is InChI=1S/C18H17F6N3O3S/c1-16(18(22,23)24)9-27(16)31(28,29)12-7-13(26(2)8-12)14-15(30-14)25-11-5-3-4-10(6-11)17(19,20)21/h3-8,14-15,25H,9H2,1-2H3. The van der Waals surface area contributed by atoms with Gasteiger partial charge in [-0.2, -0.15) is 30.6 Å². The molecule has 0 radical (unpaired) electrons. The Morgan fingerprint density at radius 3 is 2.42 bits per heavy atom. The fraction of sp³-hybridized carbons (Fsp3) is 0.444. The number of benzene rings is 1. The van der Waals surface area contributed by atoms with Crippen LogP contribution in [-0.4, -0.2) is 41.8 Å². The molecule has 0 spiro atoms. The van der Waals surface area contributed by atoms with E-state index >= 15 is 0 Å². The summed E-state index contributed by atoms with van der Waals surface area (Å²) < 4.78 is 110. The average Bonchev–Trinajstić information content (AvgIpc) is 3.52. The van der Waals surface area contributed by atoms with Crippen molar-refractivity contribution in [2.45, 2.75) is 42.0 Å². The molecule has 4 atom stereocenters. The second-order valence-corrected chi connectivity index (χ2v) is 9.56. The molecule has 2 aromatic rings. The molecule has 2 saturated heterocycles. The quantitative estimate of drug-likeness (QED) is 0.533. The van der Waals surface area contributed by atoms with E-state index in [0.29, 0.717) is 10.00 Å². The van der Waals surface area contributed by atoms with Gasteiger partial charge in [0.1, 0.15) is 16.5 Å². The third-order valence-electron chi connectivity index (χ3n) is 5.40. The summed E-state index contributed by atoms with van der Waals surface area (Å²) in [6, 6.07) is 5.71. The number of sulfonamides is 1. The molecule has 2 aliphatic rings. The number of aromatic nitrogens is 1. The number of nitrogens with zero attached hydrogens (tertiary/aromatic N) is 2. The van der Waals surface area contributed by atoms with E-state index in [4.69, 9.17) is 4.74 Å². The van der Waals surface area contributed by atoms with Gasteiger partial charge in [-0.05, 0) is 31.2 Å². The molecule has 1 aromatic carbocycles. The summed E-state index contributed by atoms with van der Waals surface area (Å²) in [6.45, 7) is 0.149. The summed E-state index contributed by atoms with van der Waals surface area (Å²) in [5, 5.41) is 2.78. The molecule has 0 amide bonds. The van der Waals surface area contributed by atoms with Gasteiger partial charge in [0.15, 0.2) is 6.23 Å². The molecule has 4 rings (SSSR count). The van der Waals surface area contributed by atoms with Crippen molar-refractivity contribution in [2.75, 3.05) is 11.9 Å². The average molecular weight is 469 g/mol. The van der Waals surface area contributed by atoms with Crippen LogP contribution in [0.25, 0.3) is 0 Å². The molecular weight excluding hydrogens is 452 g/mol. The zero-order valence-corrected chi connectivity index (χ0v) is 16.9. The highest BCUT2D eigenvalue weighted by atomic mass is 32.2. The number of aryl methyl sites for hydroxylation is 1. The molecular formula is C18H17F6N3O3S. The van der Waals surface area contributed by atoms with Crippen molar-refractivity contribution < 1.29 is 39.5 Å². The fourth-order valence-corrected chi connectivity index (χ4v) is 5.19. The van der Waals surface area contributed by atoms with E-state index in [0.717, 1.165) is 19.1 Å². The third kappa shape index (κ3) is 3.78. The predicted molar refractivity (Wildman–Crippen MR) is 96.4 cm³/mol. The molecule has 1 aromatic heterocycles. The van der Waals surface area contributed by atoms with E-state index in [2.05, 4.69) is 5.32 Å². The summed E-state index contributed by atoms with van der Waals surface area (Å²) in [5.41, 5.74) is -2.76. The Hall–Kier alpha value is -2.25. The zero-order chi connectivity index (χ0) is 23.0. The SMILES string of the molecule is Cn1cc(S(=O)(=O)N2CC2(C)C(F)(F)F)cc1C1OC1Nc1cccc(C(F)(F)F)c1. The van der Waals surface area contributed by atoms with Gasteiger partial charge in [-0.25, -0.2) is 8.42 Å². The second-order valence-electron chi connectivity index (χ2n) is 7.70. The number of hydrogen-bond acceptors (Lipinski definition) is 4. The van der Waals surface area contributed by atoms with Gasteiger partial charge in [-0.15, -0.1) is 0 Å². The van der Waals surface area contributed by atoms with Crippen LogP contribution in [0.5, 0.6) is 0 Å². The molecule has 170 valence electrons. The monoisotopic (exact) mass is 469 g/mol. The number of anilines is 1. The van der Waals surface area contributed by atoms with E-state index in [1.54, 1.807) is 0 Å². The first-order valence-electron chi connectivity index (χ1n) is 9.00. The lowest BCUT2D eigenvalue weighted by molar-refractivity contribution is -0.160. The molecule has 0 bridgehead atoms. The Bertz CT molecular complexity index is 1130. The molecule has 13 heteroatoms. The van der Waals surface area contributed by atoms with Crippen LogP contribution < -0.4 is 5.32 Å². The topological polar surface area (TPSA) is 66.6 Å². The van der Waals surface area contributed by atoms with Crippen LogP contribution in [-0.2, 0) is 28.0 Å². The van der Waals surface area contributed by atoms with E-state index in [1.807, 2.05) is 0 Å². The molecule has 3 heterocycles. The Balaban J connectivity index is 1.49. The highest BCUT2D eigenvalue weighted by Crippen LogP contribution is 2.50. The Morgan fingerprint density at radius 2 is 1.84 bits per heavy atom. The maximum atomic E-state index is 13.1. The number of nitrogens with one attached hydrogen (secondary N) is 1. The summed E-state index contributed by atoms with van der Waals surface area (Å²) in [6.07, 6.45) is -9.41. The van der Waals surface area contributed by atoms with Gasteiger partial charge < -0.3 is 14.6 Å². The van der Waals surface area contributed by atoms with Crippen LogP contribution in [0.15, 0.2) is 41.4 Å². The molecule has 2 fully saturated rings. The first-order chi connectivity index (χ1) is 14.1. The molecule has 31 heavy (non-hydrogen) atoms. The van der Waals surface area contributed by atoms with Crippen LogP contribution in [0.1, 0.15) is 24.3 Å². The molecule has 4 unspecified atom stereocenters. The van der Waals surface area contributed by atoms with Crippen LogP contribution >= 0.6 is 0 Å². The van der Waals surface area contributed by atoms with Crippen LogP contribution in [0.3, 0.4) is 0 Å². The van der Waals surface area contributed by atoms with Gasteiger partial charge in [0.05, 0.1) is 11.3 Å². The van der Waals surface area contributed by atoms with Gasteiger partial charge in [-0.1, -0.05) is 6.07 Å². The number of halogens is 6. The van der Waals surface area contributed by atoms with E-state index in [9.17, 15) is 34.8 Å². The summed E-state index contributed by atoms with van der Waals surface area (Å²) >= 11 is 0. The van der Waals surface area contributed by atoms with Crippen molar-refractivity contribution in [3.8, 4) is 0 Å². The zero-order valence-electron chi connectivity index (χ0n) is 16.1. The summed E-state index contributed by atoms with van der Waals surface area (Å²) in [7, 11) is -2.87. The minimum atomic E-state index is -4.70. The van der Waals surface area contributed by atoms with E-state index in [1.165, 1.54) is 36.0 Å². The van der Waals surface area contributed by atoms with Crippen molar-refractivity contribution in [3.63, 3.8) is 0 Å². The summed E-state index contributed by atoms with van der Waals surface area (Å²) in [4.78, 5) is -0.314. The third-order valence-corrected chi connectivity index (χ3v) is 7.33.